The second kappa shape index (κ2) is 12.5. The molecular formula is C52H40N2. The molecule has 0 saturated carbocycles. The van der Waals surface area contributed by atoms with Crippen LogP contribution in [0.1, 0.15) is 47.2 Å². The molecule has 8 aromatic rings. The molecule has 2 aliphatic carbocycles. The van der Waals surface area contributed by atoms with Crippen LogP contribution in [0.2, 0.25) is 0 Å². The Labute approximate surface area is 318 Å². The molecule has 0 atom stereocenters. The molecule has 8 aromatic carbocycles. The van der Waals surface area contributed by atoms with E-state index in [9.17, 15) is 0 Å². The van der Waals surface area contributed by atoms with Gasteiger partial charge in [-0.3, -0.25) is 0 Å². The van der Waals surface area contributed by atoms with Crippen LogP contribution in [0.25, 0.3) is 11.1 Å². The van der Waals surface area contributed by atoms with E-state index in [1.165, 1.54) is 44.5 Å². The van der Waals surface area contributed by atoms with E-state index in [0.29, 0.717) is 0 Å². The van der Waals surface area contributed by atoms with Crippen molar-refractivity contribution in [3.63, 3.8) is 0 Å². The molecule has 0 saturated heterocycles. The minimum absolute atomic E-state index is 0.184. The summed E-state index contributed by atoms with van der Waals surface area (Å²) in [5.41, 5.74) is 16.6. The Balaban J connectivity index is 1.30. The number of rotatable bonds is 6. The predicted molar refractivity (Wildman–Crippen MR) is 225 cm³/mol. The topological polar surface area (TPSA) is 6.48 Å². The number of para-hydroxylation sites is 4. The maximum absolute atomic E-state index is 2.48. The minimum Gasteiger partial charge on any atom is -0.310 e. The van der Waals surface area contributed by atoms with Crippen molar-refractivity contribution < 1.29 is 0 Å². The van der Waals surface area contributed by atoms with E-state index in [-0.39, 0.29) is 5.41 Å². The van der Waals surface area contributed by atoms with Gasteiger partial charge < -0.3 is 9.80 Å². The van der Waals surface area contributed by atoms with Crippen molar-refractivity contribution in [3.8, 4) is 11.1 Å². The van der Waals surface area contributed by atoms with Crippen molar-refractivity contribution >= 4 is 34.1 Å². The normalized spacial score (nSPS) is 14.0. The van der Waals surface area contributed by atoms with Crippen LogP contribution in [-0.4, -0.2) is 0 Å². The first-order chi connectivity index (χ1) is 26.6. The molecule has 258 valence electrons. The third-order valence-electron chi connectivity index (χ3n) is 11.7. The average molecular weight is 693 g/mol. The highest BCUT2D eigenvalue weighted by Crippen LogP contribution is 2.63. The number of anilines is 6. The van der Waals surface area contributed by atoms with E-state index in [0.717, 1.165) is 34.1 Å². The highest BCUT2D eigenvalue weighted by molar-refractivity contribution is 5.93. The van der Waals surface area contributed by atoms with Gasteiger partial charge in [0.2, 0.25) is 0 Å². The molecule has 10 rings (SSSR count). The quantitative estimate of drug-likeness (QED) is 0.171. The maximum Gasteiger partial charge on any atom is 0.0721 e. The Morgan fingerprint density at radius 1 is 0.278 bits per heavy atom. The summed E-state index contributed by atoms with van der Waals surface area (Å²) >= 11 is 0. The summed E-state index contributed by atoms with van der Waals surface area (Å²) in [7, 11) is 0. The molecule has 0 aromatic heterocycles. The van der Waals surface area contributed by atoms with Gasteiger partial charge in [0.1, 0.15) is 0 Å². The molecule has 1 spiro atoms. The van der Waals surface area contributed by atoms with Gasteiger partial charge in [0.05, 0.1) is 5.41 Å². The van der Waals surface area contributed by atoms with Crippen LogP contribution in [0.3, 0.4) is 0 Å². The minimum atomic E-state index is -0.558. The van der Waals surface area contributed by atoms with Gasteiger partial charge >= 0.3 is 0 Å². The van der Waals surface area contributed by atoms with Crippen LogP contribution in [0.5, 0.6) is 0 Å². The monoisotopic (exact) mass is 692 g/mol. The van der Waals surface area contributed by atoms with E-state index >= 15 is 0 Å². The first-order valence-electron chi connectivity index (χ1n) is 18.9. The third-order valence-corrected chi connectivity index (χ3v) is 11.7. The molecule has 0 unspecified atom stereocenters. The number of nitrogens with zero attached hydrogens (tertiary/aromatic N) is 2. The van der Waals surface area contributed by atoms with Crippen molar-refractivity contribution in [2.24, 2.45) is 0 Å². The van der Waals surface area contributed by atoms with E-state index in [1.807, 2.05) is 0 Å². The second-order valence-corrected chi connectivity index (χ2v) is 14.9. The largest absolute Gasteiger partial charge is 0.310 e. The average Bonchev–Trinajstić information content (AvgIpc) is 3.51. The molecule has 0 heterocycles. The van der Waals surface area contributed by atoms with Crippen molar-refractivity contribution in [2.75, 3.05) is 9.80 Å². The molecule has 2 aliphatic rings. The molecule has 2 nitrogen and oxygen atoms in total. The van der Waals surface area contributed by atoms with Crippen molar-refractivity contribution in [3.05, 3.63) is 240 Å². The van der Waals surface area contributed by atoms with Gasteiger partial charge in [0, 0.05) is 39.5 Å². The van der Waals surface area contributed by atoms with Gasteiger partial charge in [-0.25, -0.2) is 0 Å². The van der Waals surface area contributed by atoms with E-state index in [1.54, 1.807) is 0 Å². The van der Waals surface area contributed by atoms with Crippen LogP contribution in [0, 0.1) is 0 Å². The molecule has 0 bridgehead atoms. The van der Waals surface area contributed by atoms with Crippen LogP contribution in [0.4, 0.5) is 34.1 Å². The lowest BCUT2D eigenvalue weighted by atomic mass is 9.55. The van der Waals surface area contributed by atoms with Gasteiger partial charge in [-0.05, 0) is 117 Å². The summed E-state index contributed by atoms with van der Waals surface area (Å²) in [6, 6.07) is 75.7. The molecule has 0 amide bonds. The summed E-state index contributed by atoms with van der Waals surface area (Å²) in [5.74, 6) is 0. The van der Waals surface area contributed by atoms with Crippen LogP contribution in [-0.2, 0) is 10.8 Å². The van der Waals surface area contributed by atoms with Gasteiger partial charge in [-0.1, -0.05) is 147 Å². The lowest BCUT2D eigenvalue weighted by Gasteiger charge is -2.47. The van der Waals surface area contributed by atoms with Crippen LogP contribution in [0.15, 0.2) is 206 Å². The van der Waals surface area contributed by atoms with Crippen LogP contribution >= 0.6 is 0 Å². The Morgan fingerprint density at radius 2 is 0.574 bits per heavy atom. The molecule has 0 aliphatic heterocycles. The fraction of sp³-hybridized carbons (Fsp3) is 0.0769. The van der Waals surface area contributed by atoms with Crippen LogP contribution < -0.4 is 9.80 Å². The highest BCUT2D eigenvalue weighted by Gasteiger charge is 2.53. The lowest BCUT2D eigenvalue weighted by molar-refractivity contribution is 0.563. The smallest absolute Gasteiger partial charge is 0.0721 e. The molecule has 2 heteroatoms. The van der Waals surface area contributed by atoms with Crippen molar-refractivity contribution in [1.82, 2.24) is 0 Å². The molecule has 0 fully saturated rings. The zero-order chi connectivity index (χ0) is 36.3. The molecular weight excluding hydrogens is 653 g/mol. The zero-order valence-corrected chi connectivity index (χ0v) is 30.5. The van der Waals surface area contributed by atoms with Gasteiger partial charge in [0.25, 0.3) is 0 Å². The van der Waals surface area contributed by atoms with E-state index in [2.05, 4.69) is 230 Å². The first-order valence-corrected chi connectivity index (χ1v) is 18.9. The predicted octanol–water partition coefficient (Wildman–Crippen LogP) is 13.6. The fourth-order valence-corrected chi connectivity index (χ4v) is 9.36. The number of benzene rings is 8. The standard InChI is InChI=1S/C52H40N2/c1-51(2)45-27-15-17-29-47(45)52(48-30-18-16-28-46(48)51)49-35-41(53(37-19-7-3-8-20-37)38-21-9-4-10-22-38)31-33-43(49)44-34-32-42(36-50(44)52)54(39-23-11-5-12-24-39)40-25-13-6-14-26-40/h3-36H,1-2H3. The summed E-state index contributed by atoms with van der Waals surface area (Å²) in [4.78, 5) is 4.78. The number of fused-ring (bicyclic) bond motifs is 9. The molecule has 54 heavy (non-hydrogen) atoms. The maximum atomic E-state index is 2.48. The number of hydrogen-bond acceptors (Lipinski definition) is 2. The second-order valence-electron chi connectivity index (χ2n) is 14.9. The van der Waals surface area contributed by atoms with Gasteiger partial charge in [-0.2, -0.15) is 0 Å². The summed E-state index contributed by atoms with van der Waals surface area (Å²) in [5, 5.41) is 0. The summed E-state index contributed by atoms with van der Waals surface area (Å²) < 4.78 is 0. The third kappa shape index (κ3) is 4.73. The van der Waals surface area contributed by atoms with Gasteiger partial charge in [0.15, 0.2) is 0 Å². The first kappa shape index (κ1) is 32.0. The molecule has 0 N–H and O–H groups in total. The highest BCUT2D eigenvalue weighted by atomic mass is 15.1. The molecule has 0 radical (unpaired) electrons. The number of hydrogen-bond donors (Lipinski definition) is 0. The van der Waals surface area contributed by atoms with E-state index in [4.69, 9.17) is 0 Å². The Hall–Kier alpha value is -6.64. The Kier molecular flexibility index (Phi) is 7.42. The summed E-state index contributed by atoms with van der Waals surface area (Å²) in [6.07, 6.45) is 0. The van der Waals surface area contributed by atoms with E-state index < -0.39 is 5.41 Å². The summed E-state index contributed by atoms with van der Waals surface area (Å²) in [6.45, 7) is 4.78. The van der Waals surface area contributed by atoms with Crippen molar-refractivity contribution in [2.45, 2.75) is 24.7 Å². The SMILES string of the molecule is CC1(C)c2ccccc2C2(c3cc(N(c4ccccc4)c4ccccc4)ccc3-c3ccc(N(c4ccccc4)c4ccccc4)cc32)c2ccccc21. The Bertz CT molecular complexity index is 2370. The lowest BCUT2D eigenvalue weighted by Crippen LogP contribution is -2.40. The van der Waals surface area contributed by atoms with Gasteiger partial charge in [-0.15, -0.1) is 0 Å². The Morgan fingerprint density at radius 3 is 0.907 bits per heavy atom. The zero-order valence-electron chi connectivity index (χ0n) is 30.5. The fourth-order valence-electron chi connectivity index (χ4n) is 9.36. The van der Waals surface area contributed by atoms with Crippen molar-refractivity contribution in [1.29, 1.82) is 0 Å².